The summed E-state index contributed by atoms with van der Waals surface area (Å²) in [6.07, 6.45) is 1.20. The molecule has 0 fully saturated rings. The Hall–Kier alpha value is -2.34. The molecule has 8 nitrogen and oxygen atoms in total. The zero-order chi connectivity index (χ0) is 22.3. The van der Waals surface area contributed by atoms with Gasteiger partial charge in [0.1, 0.15) is 11.3 Å². The lowest BCUT2D eigenvalue weighted by molar-refractivity contribution is 0.0597. The number of benzene rings is 2. The van der Waals surface area contributed by atoms with Crippen LogP contribution in [0, 0.1) is 6.92 Å². The SMILES string of the molecule is CN=C(NCc1ccc(S(C)(=O)=O)c(C)c1)NCc1ccc(OC)c(C(=O)OC)c1.I. The number of ether oxygens (including phenoxy) is 2. The van der Waals surface area contributed by atoms with E-state index in [1.54, 1.807) is 38.2 Å². The largest absolute Gasteiger partial charge is 0.496 e. The number of hydrogen-bond acceptors (Lipinski definition) is 6. The molecule has 0 bridgehead atoms. The van der Waals surface area contributed by atoms with E-state index in [2.05, 4.69) is 15.6 Å². The van der Waals surface area contributed by atoms with Crippen molar-refractivity contribution in [2.45, 2.75) is 24.9 Å². The minimum absolute atomic E-state index is 0. The first kappa shape index (κ1) is 26.7. The van der Waals surface area contributed by atoms with Crippen LogP contribution in [0.2, 0.25) is 0 Å². The summed E-state index contributed by atoms with van der Waals surface area (Å²) in [5, 5.41) is 6.36. The molecule has 2 rings (SSSR count). The predicted molar refractivity (Wildman–Crippen MR) is 131 cm³/mol. The molecule has 170 valence electrons. The fourth-order valence-electron chi connectivity index (χ4n) is 2.96. The smallest absolute Gasteiger partial charge is 0.341 e. The van der Waals surface area contributed by atoms with Crippen molar-refractivity contribution in [1.29, 1.82) is 0 Å². The summed E-state index contributed by atoms with van der Waals surface area (Å²) in [5.74, 6) is 0.542. The topological polar surface area (TPSA) is 106 Å². The summed E-state index contributed by atoms with van der Waals surface area (Å²) in [7, 11) is 1.23. The van der Waals surface area contributed by atoms with Crippen molar-refractivity contribution in [3.63, 3.8) is 0 Å². The van der Waals surface area contributed by atoms with Crippen LogP contribution in [0.4, 0.5) is 0 Å². The molecular formula is C21H28IN3O5S. The standard InChI is InChI=1S/C21H27N3O5S.HI/c1-14-10-15(7-9-19(14)30(5,26)27)12-23-21(22-2)24-13-16-6-8-18(28-3)17(11-16)20(25)29-4;/h6-11H,12-13H2,1-5H3,(H2,22,23,24);1H. The molecule has 2 aromatic carbocycles. The maximum atomic E-state index is 11.9. The van der Waals surface area contributed by atoms with Crippen molar-refractivity contribution >= 4 is 45.7 Å². The van der Waals surface area contributed by atoms with Gasteiger partial charge in [-0.05, 0) is 41.8 Å². The summed E-state index contributed by atoms with van der Waals surface area (Å²) in [4.78, 5) is 16.4. The first-order valence-corrected chi connectivity index (χ1v) is 11.1. The Morgan fingerprint density at radius 2 is 1.61 bits per heavy atom. The van der Waals surface area contributed by atoms with Gasteiger partial charge in [0, 0.05) is 26.4 Å². The molecule has 0 saturated heterocycles. The van der Waals surface area contributed by atoms with Crippen LogP contribution in [0.3, 0.4) is 0 Å². The van der Waals surface area contributed by atoms with Crippen LogP contribution in [0.1, 0.15) is 27.0 Å². The van der Waals surface area contributed by atoms with Crippen LogP contribution >= 0.6 is 24.0 Å². The number of guanidine groups is 1. The highest BCUT2D eigenvalue weighted by molar-refractivity contribution is 14.0. The van der Waals surface area contributed by atoms with Gasteiger partial charge in [-0.25, -0.2) is 13.2 Å². The van der Waals surface area contributed by atoms with Gasteiger partial charge in [0.2, 0.25) is 0 Å². The minimum atomic E-state index is -3.24. The van der Waals surface area contributed by atoms with Gasteiger partial charge in [-0.2, -0.15) is 0 Å². The van der Waals surface area contributed by atoms with Crippen molar-refractivity contribution in [2.24, 2.45) is 4.99 Å². The summed E-state index contributed by atoms with van der Waals surface area (Å²) in [5.41, 5.74) is 2.84. The summed E-state index contributed by atoms with van der Waals surface area (Å²) in [6, 6.07) is 10.5. The lowest BCUT2D eigenvalue weighted by atomic mass is 10.1. The number of aliphatic imine (C=N–C) groups is 1. The lowest BCUT2D eigenvalue weighted by Crippen LogP contribution is -2.36. The quantitative estimate of drug-likeness (QED) is 0.232. The molecule has 2 aromatic rings. The summed E-state index contributed by atoms with van der Waals surface area (Å²) >= 11 is 0. The average molecular weight is 561 g/mol. The number of carbonyl (C=O) groups is 1. The molecule has 0 aliphatic carbocycles. The van der Waals surface area contributed by atoms with Crippen molar-refractivity contribution in [1.82, 2.24) is 10.6 Å². The van der Waals surface area contributed by atoms with Gasteiger partial charge >= 0.3 is 5.97 Å². The second-order valence-corrected chi connectivity index (χ2v) is 8.66. The van der Waals surface area contributed by atoms with Crippen LogP contribution < -0.4 is 15.4 Å². The van der Waals surface area contributed by atoms with E-state index in [-0.39, 0.29) is 24.0 Å². The number of halogens is 1. The third kappa shape index (κ3) is 7.39. The van der Waals surface area contributed by atoms with Crippen LogP contribution in [0.25, 0.3) is 0 Å². The third-order valence-electron chi connectivity index (χ3n) is 4.45. The average Bonchev–Trinajstić information content (AvgIpc) is 2.72. The van der Waals surface area contributed by atoms with Crippen molar-refractivity contribution < 1.29 is 22.7 Å². The first-order chi connectivity index (χ1) is 14.2. The second-order valence-electron chi connectivity index (χ2n) is 6.68. The second kappa shape index (κ2) is 11.9. The van der Waals surface area contributed by atoms with Crippen LogP contribution in [-0.2, 0) is 27.7 Å². The number of rotatable bonds is 7. The van der Waals surface area contributed by atoms with Gasteiger partial charge in [-0.1, -0.05) is 18.2 Å². The number of nitrogens with one attached hydrogen (secondary N) is 2. The van der Waals surface area contributed by atoms with E-state index in [9.17, 15) is 13.2 Å². The van der Waals surface area contributed by atoms with Gasteiger partial charge in [-0.15, -0.1) is 24.0 Å². The number of sulfone groups is 1. The molecule has 0 radical (unpaired) electrons. The molecule has 0 unspecified atom stereocenters. The van der Waals surface area contributed by atoms with Crippen LogP contribution in [0.15, 0.2) is 46.3 Å². The Morgan fingerprint density at radius 1 is 1.03 bits per heavy atom. The number of carbonyl (C=O) groups excluding carboxylic acids is 1. The lowest BCUT2D eigenvalue weighted by Gasteiger charge is -2.14. The fraction of sp³-hybridized carbons (Fsp3) is 0.333. The Bertz CT molecular complexity index is 1050. The molecule has 0 atom stereocenters. The molecule has 2 N–H and O–H groups in total. The Balaban J connectivity index is 0.00000480. The highest BCUT2D eigenvalue weighted by Crippen LogP contribution is 2.21. The van der Waals surface area contributed by atoms with E-state index in [0.29, 0.717) is 40.8 Å². The van der Waals surface area contributed by atoms with Crippen molar-refractivity contribution in [2.75, 3.05) is 27.5 Å². The van der Waals surface area contributed by atoms with E-state index in [0.717, 1.165) is 11.1 Å². The van der Waals surface area contributed by atoms with E-state index in [4.69, 9.17) is 9.47 Å². The highest BCUT2D eigenvalue weighted by atomic mass is 127. The zero-order valence-corrected chi connectivity index (χ0v) is 21.3. The molecule has 0 aromatic heterocycles. The number of aryl methyl sites for hydroxylation is 1. The molecule has 10 heteroatoms. The Labute approximate surface area is 200 Å². The van der Waals surface area contributed by atoms with E-state index in [1.807, 2.05) is 12.1 Å². The van der Waals surface area contributed by atoms with Gasteiger partial charge in [0.25, 0.3) is 0 Å². The number of nitrogens with zero attached hydrogens (tertiary/aromatic N) is 1. The van der Waals surface area contributed by atoms with E-state index >= 15 is 0 Å². The number of methoxy groups -OCH3 is 2. The molecule has 0 aliphatic heterocycles. The summed E-state index contributed by atoms with van der Waals surface area (Å²) in [6.45, 7) is 2.68. The predicted octanol–water partition coefficient (Wildman–Crippen LogP) is 2.68. The Kier molecular flexibility index (Phi) is 10.2. The molecular weight excluding hydrogens is 533 g/mol. The number of hydrogen-bond donors (Lipinski definition) is 2. The molecule has 0 heterocycles. The zero-order valence-electron chi connectivity index (χ0n) is 18.2. The van der Waals surface area contributed by atoms with Gasteiger partial charge in [0.05, 0.1) is 19.1 Å². The van der Waals surface area contributed by atoms with Crippen molar-refractivity contribution in [3.05, 3.63) is 58.7 Å². The fourth-order valence-corrected chi connectivity index (χ4v) is 3.92. The summed E-state index contributed by atoms with van der Waals surface area (Å²) < 4.78 is 33.5. The van der Waals surface area contributed by atoms with Gasteiger partial charge < -0.3 is 20.1 Å². The van der Waals surface area contributed by atoms with Gasteiger partial charge in [0.15, 0.2) is 15.8 Å². The van der Waals surface area contributed by atoms with E-state index < -0.39 is 15.8 Å². The first-order valence-electron chi connectivity index (χ1n) is 9.19. The molecule has 0 spiro atoms. The third-order valence-corrected chi connectivity index (χ3v) is 5.71. The van der Waals surface area contributed by atoms with Crippen LogP contribution in [-0.4, -0.2) is 47.9 Å². The normalized spacial score (nSPS) is 11.3. The minimum Gasteiger partial charge on any atom is -0.496 e. The molecule has 0 amide bonds. The number of esters is 1. The molecule has 0 saturated carbocycles. The maximum Gasteiger partial charge on any atom is 0.341 e. The van der Waals surface area contributed by atoms with Crippen molar-refractivity contribution in [3.8, 4) is 5.75 Å². The highest BCUT2D eigenvalue weighted by Gasteiger charge is 2.14. The Morgan fingerprint density at radius 3 is 2.10 bits per heavy atom. The molecule has 31 heavy (non-hydrogen) atoms. The van der Waals surface area contributed by atoms with E-state index in [1.165, 1.54) is 20.5 Å². The molecule has 0 aliphatic rings. The van der Waals surface area contributed by atoms with Crippen LogP contribution in [0.5, 0.6) is 5.75 Å². The monoisotopic (exact) mass is 561 g/mol. The van der Waals surface area contributed by atoms with Gasteiger partial charge in [-0.3, -0.25) is 4.99 Å². The maximum absolute atomic E-state index is 11.9.